The molecule has 0 aliphatic heterocycles. The molecule has 1 amide bonds. The number of hydrogen-bond donors (Lipinski definition) is 1. The average molecular weight is 248 g/mol. The third-order valence-corrected chi connectivity index (χ3v) is 3.37. The first-order valence-corrected chi connectivity index (χ1v) is 5.11. The Bertz CT molecular complexity index is 360. The molecule has 0 unspecified atom stereocenters. The molecule has 0 aliphatic carbocycles. The van der Waals surface area contributed by atoms with Crippen molar-refractivity contribution in [3.8, 4) is 0 Å². The molecular weight excluding hydrogens is 241 g/mol. The SMILES string of the molecule is CC(=O)Nc1nc(C)c([N+](=O)[O-])[se]1. The van der Waals surface area contributed by atoms with E-state index in [0.29, 0.717) is 10.4 Å². The zero-order chi connectivity index (χ0) is 10.0. The van der Waals surface area contributed by atoms with E-state index in [1.165, 1.54) is 6.92 Å². The van der Waals surface area contributed by atoms with Gasteiger partial charge in [0.05, 0.1) is 0 Å². The van der Waals surface area contributed by atoms with Crippen molar-refractivity contribution in [2.75, 3.05) is 5.32 Å². The van der Waals surface area contributed by atoms with E-state index >= 15 is 0 Å². The fourth-order valence-corrected chi connectivity index (χ4v) is 2.50. The molecule has 7 heteroatoms. The zero-order valence-electron chi connectivity index (χ0n) is 7.03. The number of carbonyl (C=O) groups excluding carboxylic acids is 1. The molecular formula is C6H7N3O3Se. The molecule has 0 aromatic carbocycles. The number of anilines is 1. The predicted molar refractivity (Wildman–Crippen MR) is 46.9 cm³/mol. The van der Waals surface area contributed by atoms with Crippen LogP contribution in [0.5, 0.6) is 0 Å². The first-order chi connectivity index (χ1) is 6.00. The van der Waals surface area contributed by atoms with Gasteiger partial charge in [-0.05, 0) is 0 Å². The van der Waals surface area contributed by atoms with Crippen molar-refractivity contribution in [2.45, 2.75) is 13.8 Å². The molecule has 0 aliphatic rings. The van der Waals surface area contributed by atoms with E-state index in [1.807, 2.05) is 0 Å². The van der Waals surface area contributed by atoms with Gasteiger partial charge in [-0.2, -0.15) is 0 Å². The zero-order valence-corrected chi connectivity index (χ0v) is 8.74. The number of rotatable bonds is 2. The van der Waals surface area contributed by atoms with Crippen molar-refractivity contribution in [2.24, 2.45) is 0 Å². The first kappa shape index (κ1) is 9.88. The van der Waals surface area contributed by atoms with Crippen LogP contribution < -0.4 is 5.32 Å². The topological polar surface area (TPSA) is 85.1 Å². The molecule has 0 spiro atoms. The van der Waals surface area contributed by atoms with Gasteiger partial charge in [0.1, 0.15) is 0 Å². The molecule has 1 rings (SSSR count). The van der Waals surface area contributed by atoms with Crippen LogP contribution in [0.3, 0.4) is 0 Å². The van der Waals surface area contributed by atoms with Crippen LogP contribution in [0.15, 0.2) is 0 Å². The molecule has 0 radical (unpaired) electrons. The molecule has 1 heterocycles. The van der Waals surface area contributed by atoms with Gasteiger partial charge in [-0.25, -0.2) is 0 Å². The van der Waals surface area contributed by atoms with Crippen LogP contribution in [-0.4, -0.2) is 30.3 Å². The van der Waals surface area contributed by atoms with E-state index in [4.69, 9.17) is 0 Å². The summed E-state index contributed by atoms with van der Waals surface area (Å²) in [5, 5.41) is 12.9. The van der Waals surface area contributed by atoms with Gasteiger partial charge >= 0.3 is 79.3 Å². The van der Waals surface area contributed by atoms with Gasteiger partial charge < -0.3 is 0 Å². The molecule has 0 atom stereocenters. The van der Waals surface area contributed by atoms with Crippen molar-refractivity contribution in [1.82, 2.24) is 4.98 Å². The van der Waals surface area contributed by atoms with E-state index in [-0.39, 0.29) is 10.5 Å². The molecule has 0 fully saturated rings. The fourth-order valence-electron chi connectivity index (χ4n) is 0.762. The Morgan fingerprint density at radius 1 is 1.69 bits per heavy atom. The second-order valence-electron chi connectivity index (χ2n) is 2.35. The number of aryl methyl sites for hydroxylation is 1. The van der Waals surface area contributed by atoms with Crippen LogP contribution in [0, 0.1) is 17.0 Å². The summed E-state index contributed by atoms with van der Waals surface area (Å²) in [6.45, 7) is 2.91. The molecule has 1 aromatic heterocycles. The van der Waals surface area contributed by atoms with Gasteiger partial charge in [0.15, 0.2) is 0 Å². The molecule has 6 nitrogen and oxygen atoms in total. The van der Waals surface area contributed by atoms with Crippen LogP contribution in [-0.2, 0) is 4.79 Å². The number of aromatic nitrogens is 1. The Morgan fingerprint density at radius 3 is 2.69 bits per heavy atom. The monoisotopic (exact) mass is 249 g/mol. The summed E-state index contributed by atoms with van der Waals surface area (Å²) in [4.78, 5) is 24.5. The summed E-state index contributed by atoms with van der Waals surface area (Å²) in [6.07, 6.45) is 0. The Morgan fingerprint density at radius 2 is 2.31 bits per heavy atom. The number of carbonyl (C=O) groups is 1. The van der Waals surface area contributed by atoms with Crippen LogP contribution in [0.25, 0.3) is 0 Å². The molecule has 1 aromatic rings. The Hall–Kier alpha value is -1.20. The standard InChI is InChI=1S/C6H7N3O3Se/c1-3-5(9(11)12)13-6(7-3)8-4(2)10/h1-2H3,(H,7,8,10). The van der Waals surface area contributed by atoms with Crippen LogP contribution in [0.4, 0.5) is 9.25 Å². The number of nitrogens with zero attached hydrogens (tertiary/aromatic N) is 2. The normalized spacial score (nSPS) is 9.69. The molecule has 70 valence electrons. The number of nitrogens with one attached hydrogen (secondary N) is 1. The number of amides is 1. The van der Waals surface area contributed by atoms with Gasteiger partial charge in [0, 0.05) is 0 Å². The summed E-state index contributed by atoms with van der Waals surface area (Å²) in [5.41, 5.74) is 0.383. The van der Waals surface area contributed by atoms with Gasteiger partial charge in [0.25, 0.3) is 0 Å². The van der Waals surface area contributed by atoms with E-state index < -0.39 is 19.4 Å². The summed E-state index contributed by atoms with van der Waals surface area (Å²) in [7, 11) is 0. The van der Waals surface area contributed by atoms with E-state index in [9.17, 15) is 14.9 Å². The van der Waals surface area contributed by atoms with Gasteiger partial charge in [-0.3, -0.25) is 0 Å². The van der Waals surface area contributed by atoms with Crippen molar-refractivity contribution in [3.63, 3.8) is 0 Å². The van der Waals surface area contributed by atoms with Gasteiger partial charge in [-0.1, -0.05) is 0 Å². The first-order valence-electron chi connectivity index (χ1n) is 3.40. The molecule has 0 bridgehead atoms. The Labute approximate surface area is 79.9 Å². The van der Waals surface area contributed by atoms with Crippen LogP contribution in [0.1, 0.15) is 12.6 Å². The van der Waals surface area contributed by atoms with E-state index in [1.54, 1.807) is 6.92 Å². The van der Waals surface area contributed by atoms with Gasteiger partial charge in [0.2, 0.25) is 0 Å². The predicted octanol–water partition coefficient (Wildman–Crippen LogP) is 0.314. The van der Waals surface area contributed by atoms with Crippen molar-refractivity contribution in [3.05, 3.63) is 15.8 Å². The molecule has 0 saturated carbocycles. The summed E-state index contributed by atoms with van der Waals surface area (Å²) < 4.78 is 0.514. The summed E-state index contributed by atoms with van der Waals surface area (Å²) in [5.74, 6) is -0.252. The number of nitro groups is 1. The van der Waals surface area contributed by atoms with Gasteiger partial charge in [-0.15, -0.1) is 0 Å². The van der Waals surface area contributed by atoms with Crippen molar-refractivity contribution >= 4 is 29.7 Å². The second kappa shape index (κ2) is 3.67. The molecule has 1 N–H and O–H groups in total. The third kappa shape index (κ3) is 2.37. The van der Waals surface area contributed by atoms with E-state index in [2.05, 4.69) is 10.3 Å². The Kier molecular flexibility index (Phi) is 2.79. The number of hydrogen-bond acceptors (Lipinski definition) is 4. The van der Waals surface area contributed by atoms with Crippen molar-refractivity contribution in [1.29, 1.82) is 0 Å². The average Bonchev–Trinajstić information content (AvgIpc) is 2.29. The Balaban J connectivity index is 2.95. The minimum atomic E-state index is -0.473. The maximum atomic E-state index is 10.6. The minimum absolute atomic E-state index is 0.108. The maximum absolute atomic E-state index is 10.6. The third-order valence-electron chi connectivity index (χ3n) is 1.22. The fraction of sp³-hybridized carbons (Fsp3) is 0.333. The quantitative estimate of drug-likeness (QED) is 0.463. The van der Waals surface area contributed by atoms with Crippen LogP contribution in [0.2, 0.25) is 0 Å². The van der Waals surface area contributed by atoms with Crippen LogP contribution >= 0.6 is 0 Å². The molecule has 13 heavy (non-hydrogen) atoms. The molecule has 0 saturated heterocycles. The summed E-state index contributed by atoms with van der Waals surface area (Å²) in [6, 6.07) is 0. The van der Waals surface area contributed by atoms with Crippen molar-refractivity contribution < 1.29 is 9.72 Å². The second-order valence-corrected chi connectivity index (χ2v) is 4.40. The van der Waals surface area contributed by atoms with E-state index in [0.717, 1.165) is 0 Å². The summed E-state index contributed by atoms with van der Waals surface area (Å²) >= 11 is -0.473.